The van der Waals surface area contributed by atoms with Gasteiger partial charge in [-0.3, -0.25) is 4.40 Å². The van der Waals surface area contributed by atoms with E-state index in [0.29, 0.717) is 24.0 Å². The largest absolute Gasteiger partial charge is 0.470 e. The molecule has 2 N–H and O–H groups in total. The second-order valence-electron chi connectivity index (χ2n) is 4.05. The Morgan fingerprint density at radius 3 is 3.11 bits per heavy atom. The molecule has 2 heterocycles. The highest BCUT2D eigenvalue weighted by Gasteiger charge is 2.07. The Balaban J connectivity index is 1.87. The van der Waals surface area contributed by atoms with Crippen molar-refractivity contribution in [3.63, 3.8) is 0 Å². The predicted octanol–water partition coefficient (Wildman–Crippen LogP) is 2.65. The van der Waals surface area contributed by atoms with Crippen LogP contribution in [-0.2, 0) is 6.61 Å². The van der Waals surface area contributed by atoms with Crippen LogP contribution in [0, 0.1) is 0 Å². The van der Waals surface area contributed by atoms with Crippen molar-refractivity contribution in [2.45, 2.75) is 6.61 Å². The smallest absolute Gasteiger partial charge is 0.260 e. The summed E-state index contributed by atoms with van der Waals surface area (Å²) in [6.07, 6.45) is 5.19. The number of nitrogen functional groups attached to an aromatic ring is 1. The fraction of sp³-hybridized carbons (Fsp3) is 0.0769. The minimum atomic E-state index is 0.398. The van der Waals surface area contributed by atoms with Gasteiger partial charge < -0.3 is 10.5 Å². The number of rotatable bonds is 3. The molecule has 0 unspecified atom stereocenters. The van der Waals surface area contributed by atoms with E-state index < -0.39 is 0 Å². The van der Waals surface area contributed by atoms with E-state index in [1.54, 1.807) is 23.0 Å². The quantitative estimate of drug-likeness (QED) is 0.806. The molecule has 0 aliphatic rings. The molecule has 1 aromatic carbocycles. The average Bonchev–Trinajstić information content (AvgIpc) is 2.84. The molecule has 0 amide bonds. The molecule has 0 bridgehead atoms. The van der Waals surface area contributed by atoms with Crippen LogP contribution in [0.5, 0.6) is 5.88 Å². The van der Waals surface area contributed by atoms with E-state index in [2.05, 4.69) is 25.9 Å². The molecule has 0 radical (unpaired) electrons. The zero-order valence-electron chi connectivity index (χ0n) is 9.95. The van der Waals surface area contributed by atoms with Gasteiger partial charge in [-0.25, -0.2) is 4.98 Å². The van der Waals surface area contributed by atoms with Crippen LogP contribution in [0.4, 0.5) is 5.82 Å². The van der Waals surface area contributed by atoms with Gasteiger partial charge in [-0.15, -0.1) is 0 Å². The Labute approximate surface area is 118 Å². The van der Waals surface area contributed by atoms with Crippen molar-refractivity contribution < 1.29 is 4.74 Å². The van der Waals surface area contributed by atoms with Crippen molar-refractivity contribution in [3.8, 4) is 5.88 Å². The van der Waals surface area contributed by atoms with E-state index >= 15 is 0 Å². The molecule has 2 aromatic heterocycles. The van der Waals surface area contributed by atoms with E-state index in [9.17, 15) is 0 Å². The van der Waals surface area contributed by atoms with Gasteiger partial charge in [0.15, 0.2) is 0 Å². The fourth-order valence-corrected chi connectivity index (χ4v) is 2.24. The minimum absolute atomic E-state index is 0.398. The maximum Gasteiger partial charge on any atom is 0.260 e. The summed E-state index contributed by atoms with van der Waals surface area (Å²) >= 11 is 3.43. The molecular weight excluding hydrogens is 308 g/mol. The molecule has 0 atom stereocenters. The number of fused-ring (bicyclic) bond motifs is 1. The van der Waals surface area contributed by atoms with Gasteiger partial charge >= 0.3 is 0 Å². The van der Waals surface area contributed by atoms with E-state index in [0.717, 1.165) is 10.0 Å². The van der Waals surface area contributed by atoms with Crippen LogP contribution >= 0.6 is 15.9 Å². The minimum Gasteiger partial charge on any atom is -0.470 e. The number of halogens is 1. The maximum atomic E-state index is 5.73. The summed E-state index contributed by atoms with van der Waals surface area (Å²) in [7, 11) is 0. The highest BCUT2D eigenvalue weighted by molar-refractivity contribution is 9.10. The molecule has 0 aliphatic carbocycles. The Hall–Kier alpha value is -2.08. The maximum absolute atomic E-state index is 5.73. The zero-order chi connectivity index (χ0) is 13.2. The van der Waals surface area contributed by atoms with Crippen LogP contribution < -0.4 is 10.5 Å². The average molecular weight is 319 g/mol. The Morgan fingerprint density at radius 1 is 1.37 bits per heavy atom. The van der Waals surface area contributed by atoms with E-state index in [-0.39, 0.29) is 0 Å². The summed E-state index contributed by atoms with van der Waals surface area (Å²) in [4.78, 5) is 8.37. The van der Waals surface area contributed by atoms with Gasteiger partial charge in [0.2, 0.25) is 5.65 Å². The number of benzene rings is 1. The molecule has 0 saturated heterocycles. The SMILES string of the molecule is Nc1cn2ccnc2c(OCc2cccc(Br)c2)n1. The van der Waals surface area contributed by atoms with Crippen molar-refractivity contribution >= 4 is 27.4 Å². The number of ether oxygens (including phenoxy) is 1. The lowest BCUT2D eigenvalue weighted by Gasteiger charge is -2.07. The van der Waals surface area contributed by atoms with Crippen molar-refractivity contribution in [2.24, 2.45) is 0 Å². The first kappa shape index (κ1) is 12.0. The molecular formula is C13H11BrN4O. The number of anilines is 1. The standard InChI is InChI=1S/C13H11BrN4O/c14-10-3-1-2-9(6-10)8-19-13-12-16-4-5-18(12)7-11(15)17-13/h1-7H,8,15H2. The topological polar surface area (TPSA) is 65.4 Å². The molecule has 0 saturated carbocycles. The third kappa shape index (κ3) is 2.53. The summed E-state index contributed by atoms with van der Waals surface area (Å²) in [6, 6.07) is 7.91. The van der Waals surface area contributed by atoms with Crippen LogP contribution in [0.2, 0.25) is 0 Å². The number of nitrogens with zero attached hydrogens (tertiary/aromatic N) is 3. The van der Waals surface area contributed by atoms with E-state index in [1.807, 2.05) is 24.3 Å². The summed E-state index contributed by atoms with van der Waals surface area (Å²) < 4.78 is 8.51. The van der Waals surface area contributed by atoms with E-state index in [1.165, 1.54) is 0 Å². The van der Waals surface area contributed by atoms with Crippen molar-refractivity contribution in [2.75, 3.05) is 5.73 Å². The third-order valence-corrected chi connectivity index (χ3v) is 3.12. The predicted molar refractivity (Wildman–Crippen MR) is 75.9 cm³/mol. The molecule has 96 valence electrons. The van der Waals surface area contributed by atoms with Gasteiger partial charge in [0.1, 0.15) is 12.4 Å². The highest BCUT2D eigenvalue weighted by Crippen LogP contribution is 2.19. The molecule has 0 aliphatic heterocycles. The monoisotopic (exact) mass is 318 g/mol. The number of imidazole rings is 1. The molecule has 6 heteroatoms. The van der Waals surface area contributed by atoms with Gasteiger partial charge in [-0.1, -0.05) is 28.1 Å². The fourth-order valence-electron chi connectivity index (χ4n) is 1.80. The number of aromatic nitrogens is 3. The lowest BCUT2D eigenvalue weighted by atomic mass is 10.2. The Kier molecular flexibility index (Phi) is 3.08. The summed E-state index contributed by atoms with van der Waals surface area (Å²) in [5, 5.41) is 0. The normalized spacial score (nSPS) is 10.8. The summed E-state index contributed by atoms with van der Waals surface area (Å²) in [6.45, 7) is 0.415. The van der Waals surface area contributed by atoms with Crippen LogP contribution in [0.25, 0.3) is 5.65 Å². The molecule has 0 fully saturated rings. The van der Waals surface area contributed by atoms with E-state index in [4.69, 9.17) is 10.5 Å². The molecule has 3 aromatic rings. The first-order valence-corrected chi connectivity index (χ1v) is 6.48. The first-order chi connectivity index (χ1) is 9.22. The number of hydrogen-bond acceptors (Lipinski definition) is 4. The van der Waals surface area contributed by atoms with Gasteiger partial charge in [0.25, 0.3) is 5.88 Å². The summed E-state index contributed by atoms with van der Waals surface area (Å²) in [5.41, 5.74) is 7.43. The van der Waals surface area contributed by atoms with Gasteiger partial charge in [0, 0.05) is 16.9 Å². The summed E-state index contributed by atoms with van der Waals surface area (Å²) in [5.74, 6) is 0.833. The molecule has 5 nitrogen and oxygen atoms in total. The second kappa shape index (κ2) is 4.89. The lowest BCUT2D eigenvalue weighted by molar-refractivity contribution is 0.296. The van der Waals surface area contributed by atoms with Gasteiger partial charge in [-0.05, 0) is 17.7 Å². The molecule has 19 heavy (non-hydrogen) atoms. The van der Waals surface area contributed by atoms with Crippen LogP contribution in [-0.4, -0.2) is 14.4 Å². The van der Waals surface area contributed by atoms with Crippen molar-refractivity contribution in [3.05, 3.63) is 52.9 Å². The van der Waals surface area contributed by atoms with Gasteiger partial charge in [0.05, 0.1) is 6.20 Å². The van der Waals surface area contributed by atoms with Crippen molar-refractivity contribution in [1.29, 1.82) is 0 Å². The lowest BCUT2D eigenvalue weighted by Crippen LogP contribution is -2.02. The second-order valence-corrected chi connectivity index (χ2v) is 4.96. The van der Waals surface area contributed by atoms with Gasteiger partial charge in [-0.2, -0.15) is 4.98 Å². The first-order valence-electron chi connectivity index (χ1n) is 5.69. The third-order valence-electron chi connectivity index (χ3n) is 2.63. The van der Waals surface area contributed by atoms with Crippen LogP contribution in [0.15, 0.2) is 47.3 Å². The van der Waals surface area contributed by atoms with Crippen LogP contribution in [0.3, 0.4) is 0 Å². The Bertz CT molecular complexity index is 725. The van der Waals surface area contributed by atoms with Crippen LogP contribution in [0.1, 0.15) is 5.56 Å². The Morgan fingerprint density at radius 2 is 2.26 bits per heavy atom. The zero-order valence-corrected chi connectivity index (χ0v) is 11.5. The number of hydrogen-bond donors (Lipinski definition) is 1. The number of nitrogens with two attached hydrogens (primary N) is 1. The molecule has 3 rings (SSSR count). The van der Waals surface area contributed by atoms with Crippen molar-refractivity contribution in [1.82, 2.24) is 14.4 Å². The highest BCUT2D eigenvalue weighted by atomic mass is 79.9. The molecule has 0 spiro atoms.